The molecule has 4 aromatic rings. The van der Waals surface area contributed by atoms with E-state index in [2.05, 4.69) is 20.7 Å². The maximum atomic E-state index is 14.1. The number of carbonyl (C=O) groups is 2. The lowest BCUT2D eigenvalue weighted by Gasteiger charge is -2.13. The Labute approximate surface area is 193 Å². The van der Waals surface area contributed by atoms with E-state index in [1.165, 1.54) is 31.6 Å². The number of aromatic nitrogens is 3. The minimum Gasteiger partial charge on any atom is -0.495 e. The fourth-order valence-corrected chi connectivity index (χ4v) is 3.22. The zero-order chi connectivity index (χ0) is 23.4. The first-order chi connectivity index (χ1) is 15.9. The van der Waals surface area contributed by atoms with Gasteiger partial charge in [-0.05, 0) is 60.7 Å². The number of carbonyl (C=O) groups excluding carboxylic acids is 2. The number of nitrogens with zero attached hydrogens (tertiary/aromatic N) is 3. The third-order valence-corrected chi connectivity index (χ3v) is 4.93. The number of amides is 2. The van der Waals surface area contributed by atoms with Gasteiger partial charge in [-0.3, -0.25) is 9.59 Å². The summed E-state index contributed by atoms with van der Waals surface area (Å²) in [6.07, 6.45) is 2.97. The third-order valence-electron chi connectivity index (χ3n) is 4.69. The number of hydrogen-bond donors (Lipinski definition) is 2. The van der Waals surface area contributed by atoms with Gasteiger partial charge >= 0.3 is 0 Å². The van der Waals surface area contributed by atoms with Gasteiger partial charge in [0.1, 0.15) is 24.2 Å². The summed E-state index contributed by atoms with van der Waals surface area (Å²) in [4.78, 5) is 29.1. The Morgan fingerprint density at radius 2 is 1.79 bits per heavy atom. The first-order valence-corrected chi connectivity index (χ1v) is 10.0. The predicted molar refractivity (Wildman–Crippen MR) is 122 cm³/mol. The average Bonchev–Trinajstić information content (AvgIpc) is 3.34. The van der Waals surface area contributed by atoms with Crippen LogP contribution in [0.25, 0.3) is 5.69 Å². The molecule has 0 aliphatic heterocycles. The molecule has 4 rings (SSSR count). The van der Waals surface area contributed by atoms with Crippen molar-refractivity contribution in [2.75, 3.05) is 17.7 Å². The molecule has 0 saturated carbocycles. The molecule has 0 atom stereocenters. The molecule has 1 aromatic heterocycles. The van der Waals surface area contributed by atoms with E-state index in [4.69, 9.17) is 16.3 Å². The highest BCUT2D eigenvalue weighted by Gasteiger charge is 2.16. The molecule has 2 amide bonds. The number of anilines is 2. The number of ether oxygens (including phenoxy) is 1. The van der Waals surface area contributed by atoms with Crippen molar-refractivity contribution in [3.05, 3.63) is 95.3 Å². The fourth-order valence-electron chi connectivity index (χ4n) is 3.06. The van der Waals surface area contributed by atoms with E-state index in [0.29, 0.717) is 17.0 Å². The van der Waals surface area contributed by atoms with Crippen LogP contribution in [0.1, 0.15) is 20.7 Å². The molecule has 3 aromatic carbocycles. The van der Waals surface area contributed by atoms with Crippen LogP contribution in [0.3, 0.4) is 0 Å². The highest BCUT2D eigenvalue weighted by atomic mass is 35.5. The van der Waals surface area contributed by atoms with Gasteiger partial charge in [0.2, 0.25) is 0 Å². The van der Waals surface area contributed by atoms with E-state index in [-0.39, 0.29) is 22.2 Å². The van der Waals surface area contributed by atoms with Crippen LogP contribution in [-0.2, 0) is 0 Å². The second kappa shape index (κ2) is 9.49. The van der Waals surface area contributed by atoms with E-state index in [1.54, 1.807) is 47.4 Å². The molecule has 10 heteroatoms. The van der Waals surface area contributed by atoms with Crippen LogP contribution < -0.4 is 15.4 Å². The van der Waals surface area contributed by atoms with Crippen molar-refractivity contribution in [1.29, 1.82) is 0 Å². The normalized spacial score (nSPS) is 10.5. The van der Waals surface area contributed by atoms with E-state index < -0.39 is 11.7 Å². The monoisotopic (exact) mass is 465 g/mol. The lowest BCUT2D eigenvalue weighted by molar-refractivity contribution is 0.101. The molecule has 166 valence electrons. The average molecular weight is 466 g/mol. The number of benzene rings is 3. The van der Waals surface area contributed by atoms with Crippen molar-refractivity contribution in [3.63, 3.8) is 0 Å². The van der Waals surface area contributed by atoms with Crippen molar-refractivity contribution in [1.82, 2.24) is 14.8 Å². The first-order valence-electron chi connectivity index (χ1n) is 9.65. The fraction of sp³-hybridized carbons (Fsp3) is 0.0435. The molecule has 33 heavy (non-hydrogen) atoms. The summed E-state index contributed by atoms with van der Waals surface area (Å²) in [5, 5.41) is 9.58. The van der Waals surface area contributed by atoms with Crippen molar-refractivity contribution in [2.45, 2.75) is 0 Å². The molecule has 1 heterocycles. The number of nitrogens with one attached hydrogen (secondary N) is 2. The second-order valence-corrected chi connectivity index (χ2v) is 7.27. The number of methoxy groups -OCH3 is 1. The third kappa shape index (κ3) is 4.99. The molecule has 0 aliphatic carbocycles. The molecule has 0 radical (unpaired) electrons. The Bertz CT molecular complexity index is 1310. The quantitative estimate of drug-likeness (QED) is 0.434. The van der Waals surface area contributed by atoms with Gasteiger partial charge in [-0.2, -0.15) is 5.10 Å². The Morgan fingerprint density at radius 1 is 1.00 bits per heavy atom. The standard InChI is InChI=1S/C23H17ClFN5O3/c1-33-21-9-5-16(11-20(21)29-23(32)18-8-4-15(24)10-19(18)25)28-22(31)14-2-6-17(7-3-14)30-13-26-12-27-30/h2-13H,1H3,(H,28,31)(H,29,32). The van der Waals surface area contributed by atoms with E-state index in [9.17, 15) is 14.0 Å². The predicted octanol–water partition coefficient (Wildman–Crippen LogP) is 4.57. The van der Waals surface area contributed by atoms with Crippen LogP contribution in [0.5, 0.6) is 5.75 Å². The lowest BCUT2D eigenvalue weighted by atomic mass is 10.1. The molecule has 0 bridgehead atoms. The summed E-state index contributed by atoms with van der Waals surface area (Å²) in [5.74, 6) is -1.45. The Morgan fingerprint density at radius 3 is 2.45 bits per heavy atom. The highest BCUT2D eigenvalue weighted by molar-refractivity contribution is 6.30. The van der Waals surface area contributed by atoms with E-state index in [0.717, 1.165) is 11.8 Å². The SMILES string of the molecule is COc1ccc(NC(=O)c2ccc(-n3cncn3)cc2)cc1NC(=O)c1ccc(Cl)cc1F. The van der Waals surface area contributed by atoms with Crippen molar-refractivity contribution >= 4 is 34.8 Å². The number of halogens is 2. The Hall–Kier alpha value is -4.24. The molecular weight excluding hydrogens is 449 g/mol. The van der Waals surface area contributed by atoms with Crippen LogP contribution in [0, 0.1) is 5.82 Å². The summed E-state index contributed by atoms with van der Waals surface area (Å²) in [7, 11) is 1.43. The molecule has 0 aliphatic rings. The van der Waals surface area contributed by atoms with Crippen molar-refractivity contribution in [2.24, 2.45) is 0 Å². The van der Waals surface area contributed by atoms with Gasteiger partial charge in [0.25, 0.3) is 11.8 Å². The molecule has 8 nitrogen and oxygen atoms in total. The van der Waals surface area contributed by atoms with Crippen LogP contribution in [0.15, 0.2) is 73.3 Å². The number of hydrogen-bond acceptors (Lipinski definition) is 5. The van der Waals surface area contributed by atoms with Gasteiger partial charge in [0, 0.05) is 16.3 Å². The minimum absolute atomic E-state index is 0.177. The van der Waals surface area contributed by atoms with Gasteiger partial charge in [0.05, 0.1) is 24.0 Å². The first kappa shape index (κ1) is 22.0. The zero-order valence-corrected chi connectivity index (χ0v) is 18.0. The Balaban J connectivity index is 1.51. The highest BCUT2D eigenvalue weighted by Crippen LogP contribution is 2.29. The number of rotatable bonds is 6. The largest absolute Gasteiger partial charge is 0.495 e. The topological polar surface area (TPSA) is 98.1 Å². The summed E-state index contributed by atoms with van der Waals surface area (Å²) in [5.41, 5.74) is 1.67. The van der Waals surface area contributed by atoms with Gasteiger partial charge in [-0.15, -0.1) is 0 Å². The molecule has 2 N–H and O–H groups in total. The van der Waals surface area contributed by atoms with Gasteiger partial charge < -0.3 is 15.4 Å². The van der Waals surface area contributed by atoms with Gasteiger partial charge in [0.15, 0.2) is 0 Å². The Kier molecular flexibility index (Phi) is 6.32. The van der Waals surface area contributed by atoms with Crippen molar-refractivity contribution in [3.8, 4) is 11.4 Å². The summed E-state index contributed by atoms with van der Waals surface area (Å²) < 4.78 is 20.9. The molecule has 0 unspecified atom stereocenters. The molecular formula is C23H17ClFN5O3. The maximum absolute atomic E-state index is 14.1. The lowest BCUT2D eigenvalue weighted by Crippen LogP contribution is -2.15. The maximum Gasteiger partial charge on any atom is 0.258 e. The molecule has 0 saturated heterocycles. The van der Waals surface area contributed by atoms with Crippen molar-refractivity contribution < 1.29 is 18.7 Å². The molecule has 0 spiro atoms. The van der Waals surface area contributed by atoms with E-state index in [1.807, 2.05) is 0 Å². The van der Waals surface area contributed by atoms with Gasteiger partial charge in [-0.1, -0.05) is 11.6 Å². The van der Waals surface area contributed by atoms with Crippen LogP contribution in [-0.4, -0.2) is 33.7 Å². The van der Waals surface area contributed by atoms with Crippen LogP contribution >= 0.6 is 11.6 Å². The van der Waals surface area contributed by atoms with Crippen LogP contribution in [0.2, 0.25) is 5.02 Å². The molecule has 0 fully saturated rings. The smallest absolute Gasteiger partial charge is 0.258 e. The zero-order valence-electron chi connectivity index (χ0n) is 17.3. The summed E-state index contributed by atoms with van der Waals surface area (Å²) in [6.45, 7) is 0. The minimum atomic E-state index is -0.752. The summed E-state index contributed by atoms with van der Waals surface area (Å²) >= 11 is 5.74. The second-order valence-electron chi connectivity index (χ2n) is 6.83. The van der Waals surface area contributed by atoms with Gasteiger partial charge in [-0.25, -0.2) is 14.1 Å². The van der Waals surface area contributed by atoms with Crippen LogP contribution in [0.4, 0.5) is 15.8 Å². The summed E-state index contributed by atoms with van der Waals surface area (Å²) in [6, 6.07) is 15.3. The van der Waals surface area contributed by atoms with E-state index >= 15 is 0 Å².